The first-order valence-corrected chi connectivity index (χ1v) is 6.63. The highest BCUT2D eigenvalue weighted by molar-refractivity contribution is 5.91. The monoisotopic (exact) mass is 282 g/mol. The number of carbonyl (C=O) groups is 2. The van der Waals surface area contributed by atoms with E-state index in [1.165, 1.54) is 4.90 Å². The predicted octanol–water partition coefficient (Wildman–Crippen LogP) is 0.0729. The summed E-state index contributed by atoms with van der Waals surface area (Å²) in [5, 5.41) is 15.5. The van der Waals surface area contributed by atoms with Crippen LogP contribution in [0.25, 0.3) is 0 Å². The standard InChI is InChI=1S/C12H18N4O4/c1-2-3-9-13-11(15-14-9)12(19)16-4-5-20-7-8(16)6-10(17)18/h8H,2-7H2,1H3,(H,17,18)(H,13,14,15). The summed E-state index contributed by atoms with van der Waals surface area (Å²) < 4.78 is 5.24. The number of carboxylic acid groups (broad SMARTS) is 1. The molecule has 0 bridgehead atoms. The van der Waals surface area contributed by atoms with Gasteiger partial charge in [0.2, 0.25) is 5.82 Å². The molecule has 0 aromatic carbocycles. The maximum Gasteiger partial charge on any atom is 0.305 e. The van der Waals surface area contributed by atoms with Crippen molar-refractivity contribution in [3.05, 3.63) is 11.6 Å². The third kappa shape index (κ3) is 3.32. The maximum atomic E-state index is 12.3. The zero-order chi connectivity index (χ0) is 14.5. The fourth-order valence-corrected chi connectivity index (χ4v) is 2.16. The van der Waals surface area contributed by atoms with Crippen LogP contribution in [0.2, 0.25) is 0 Å². The lowest BCUT2D eigenvalue weighted by atomic mass is 10.1. The molecule has 2 rings (SSSR count). The van der Waals surface area contributed by atoms with Gasteiger partial charge in [0, 0.05) is 13.0 Å². The van der Waals surface area contributed by atoms with Crippen molar-refractivity contribution >= 4 is 11.9 Å². The molecule has 2 heterocycles. The average molecular weight is 282 g/mol. The second kappa shape index (κ2) is 6.47. The quantitative estimate of drug-likeness (QED) is 0.791. The number of aromatic nitrogens is 3. The molecule has 1 aromatic heterocycles. The van der Waals surface area contributed by atoms with Gasteiger partial charge in [0.1, 0.15) is 5.82 Å². The van der Waals surface area contributed by atoms with Crippen LogP contribution in [-0.2, 0) is 16.0 Å². The van der Waals surface area contributed by atoms with Gasteiger partial charge in [-0.3, -0.25) is 14.7 Å². The molecule has 2 N–H and O–H groups in total. The lowest BCUT2D eigenvalue weighted by Crippen LogP contribution is -2.49. The second-order valence-corrected chi connectivity index (χ2v) is 4.68. The molecule has 0 spiro atoms. The van der Waals surface area contributed by atoms with Gasteiger partial charge in [0.15, 0.2) is 0 Å². The molecule has 1 saturated heterocycles. The molecule has 1 unspecified atom stereocenters. The molecule has 110 valence electrons. The molecule has 0 aliphatic carbocycles. The van der Waals surface area contributed by atoms with Crippen molar-refractivity contribution in [3.8, 4) is 0 Å². The molecule has 1 fully saturated rings. The Morgan fingerprint density at radius 3 is 3.05 bits per heavy atom. The molecule has 8 heteroatoms. The van der Waals surface area contributed by atoms with E-state index in [1.807, 2.05) is 6.92 Å². The average Bonchev–Trinajstić information content (AvgIpc) is 2.87. The molecular formula is C12H18N4O4. The minimum absolute atomic E-state index is 0.0886. The maximum absolute atomic E-state index is 12.3. The van der Waals surface area contributed by atoms with E-state index in [-0.39, 0.29) is 24.8 Å². The SMILES string of the molecule is CCCc1nc(C(=O)N2CCOCC2CC(=O)O)n[nH]1. The Morgan fingerprint density at radius 2 is 2.35 bits per heavy atom. The van der Waals surface area contributed by atoms with Crippen LogP contribution >= 0.6 is 0 Å². The van der Waals surface area contributed by atoms with Crippen LogP contribution in [0.3, 0.4) is 0 Å². The minimum Gasteiger partial charge on any atom is -0.481 e. The molecule has 1 atom stereocenters. The van der Waals surface area contributed by atoms with E-state index < -0.39 is 12.0 Å². The van der Waals surface area contributed by atoms with Crippen molar-refractivity contribution in [1.29, 1.82) is 0 Å². The van der Waals surface area contributed by atoms with Crippen LogP contribution in [0.1, 0.15) is 36.2 Å². The van der Waals surface area contributed by atoms with Gasteiger partial charge in [-0.2, -0.15) is 0 Å². The number of aromatic amines is 1. The third-order valence-electron chi connectivity index (χ3n) is 3.11. The van der Waals surface area contributed by atoms with Gasteiger partial charge in [0.25, 0.3) is 5.91 Å². The Bertz CT molecular complexity index is 488. The van der Waals surface area contributed by atoms with Gasteiger partial charge in [-0.1, -0.05) is 6.92 Å². The Morgan fingerprint density at radius 1 is 1.55 bits per heavy atom. The van der Waals surface area contributed by atoms with E-state index >= 15 is 0 Å². The van der Waals surface area contributed by atoms with Crippen molar-refractivity contribution in [2.45, 2.75) is 32.2 Å². The first-order valence-electron chi connectivity index (χ1n) is 6.63. The highest BCUT2D eigenvalue weighted by Crippen LogP contribution is 2.13. The van der Waals surface area contributed by atoms with E-state index in [0.717, 1.165) is 12.8 Å². The fourth-order valence-electron chi connectivity index (χ4n) is 2.16. The number of nitrogens with one attached hydrogen (secondary N) is 1. The number of hydrogen-bond acceptors (Lipinski definition) is 5. The van der Waals surface area contributed by atoms with Crippen molar-refractivity contribution in [3.63, 3.8) is 0 Å². The number of aliphatic carboxylic acids is 1. The van der Waals surface area contributed by atoms with Gasteiger partial charge in [-0.05, 0) is 6.42 Å². The van der Waals surface area contributed by atoms with Crippen LogP contribution in [0, 0.1) is 0 Å². The number of nitrogens with zero attached hydrogens (tertiary/aromatic N) is 3. The highest BCUT2D eigenvalue weighted by atomic mass is 16.5. The number of H-pyrrole nitrogens is 1. The molecule has 1 aliphatic heterocycles. The Balaban J connectivity index is 2.09. The van der Waals surface area contributed by atoms with E-state index in [0.29, 0.717) is 19.0 Å². The van der Waals surface area contributed by atoms with Crippen molar-refractivity contribution < 1.29 is 19.4 Å². The highest BCUT2D eigenvalue weighted by Gasteiger charge is 2.31. The van der Waals surface area contributed by atoms with Gasteiger partial charge in [0.05, 0.1) is 25.7 Å². The molecular weight excluding hydrogens is 264 g/mol. The Labute approximate surface area is 116 Å². The van der Waals surface area contributed by atoms with Crippen LogP contribution in [-0.4, -0.2) is 62.9 Å². The molecule has 20 heavy (non-hydrogen) atoms. The second-order valence-electron chi connectivity index (χ2n) is 4.68. The van der Waals surface area contributed by atoms with Crippen LogP contribution in [0.4, 0.5) is 0 Å². The molecule has 1 amide bonds. The number of carbonyl (C=O) groups excluding carboxylic acids is 1. The molecule has 0 saturated carbocycles. The lowest BCUT2D eigenvalue weighted by molar-refractivity contribution is -0.139. The van der Waals surface area contributed by atoms with Crippen molar-refractivity contribution in [1.82, 2.24) is 20.1 Å². The summed E-state index contributed by atoms with van der Waals surface area (Å²) >= 11 is 0. The van der Waals surface area contributed by atoms with Crippen molar-refractivity contribution in [2.75, 3.05) is 19.8 Å². The first kappa shape index (κ1) is 14.4. The number of rotatable bonds is 5. The molecule has 0 radical (unpaired) electrons. The summed E-state index contributed by atoms with van der Waals surface area (Å²) in [6, 6.07) is -0.470. The van der Waals surface area contributed by atoms with Gasteiger partial charge < -0.3 is 14.7 Å². The van der Waals surface area contributed by atoms with E-state index in [2.05, 4.69) is 15.2 Å². The lowest BCUT2D eigenvalue weighted by Gasteiger charge is -2.33. The summed E-state index contributed by atoms with van der Waals surface area (Å²) in [5.74, 6) is -0.553. The largest absolute Gasteiger partial charge is 0.481 e. The molecule has 1 aliphatic rings. The van der Waals surface area contributed by atoms with Crippen molar-refractivity contribution in [2.24, 2.45) is 0 Å². The molecule has 1 aromatic rings. The zero-order valence-electron chi connectivity index (χ0n) is 11.3. The number of hydrogen-bond donors (Lipinski definition) is 2. The van der Waals surface area contributed by atoms with Crippen LogP contribution < -0.4 is 0 Å². The van der Waals surface area contributed by atoms with Crippen LogP contribution in [0.5, 0.6) is 0 Å². The fraction of sp³-hybridized carbons (Fsp3) is 0.667. The van der Waals surface area contributed by atoms with E-state index in [1.54, 1.807) is 0 Å². The minimum atomic E-state index is -0.958. The summed E-state index contributed by atoms with van der Waals surface area (Å²) in [6.45, 7) is 2.99. The predicted molar refractivity (Wildman–Crippen MR) is 68.3 cm³/mol. The summed E-state index contributed by atoms with van der Waals surface area (Å²) in [4.78, 5) is 28.8. The summed E-state index contributed by atoms with van der Waals surface area (Å²) in [6.07, 6.45) is 1.49. The number of ether oxygens (including phenoxy) is 1. The first-order chi connectivity index (χ1) is 9.61. The molecule has 8 nitrogen and oxygen atoms in total. The van der Waals surface area contributed by atoms with Gasteiger partial charge in [-0.25, -0.2) is 4.98 Å². The zero-order valence-corrected chi connectivity index (χ0v) is 11.3. The Kier molecular flexibility index (Phi) is 4.67. The van der Waals surface area contributed by atoms with E-state index in [9.17, 15) is 9.59 Å². The summed E-state index contributed by atoms with van der Waals surface area (Å²) in [7, 11) is 0. The number of morpholine rings is 1. The Hall–Kier alpha value is -1.96. The van der Waals surface area contributed by atoms with Gasteiger partial charge in [-0.15, -0.1) is 5.10 Å². The topological polar surface area (TPSA) is 108 Å². The van der Waals surface area contributed by atoms with Crippen LogP contribution in [0.15, 0.2) is 0 Å². The number of aryl methyl sites for hydroxylation is 1. The van der Waals surface area contributed by atoms with E-state index in [4.69, 9.17) is 9.84 Å². The third-order valence-corrected chi connectivity index (χ3v) is 3.11. The van der Waals surface area contributed by atoms with Gasteiger partial charge >= 0.3 is 5.97 Å². The summed E-state index contributed by atoms with van der Waals surface area (Å²) in [5.41, 5.74) is 0. The number of carboxylic acids is 1. The number of amides is 1. The normalized spacial score (nSPS) is 19.1. The smallest absolute Gasteiger partial charge is 0.305 e.